The number of ether oxygens (including phenoxy) is 2. The Labute approximate surface area is 200 Å². The van der Waals surface area contributed by atoms with Crippen molar-refractivity contribution in [3.63, 3.8) is 0 Å². The molecule has 3 heterocycles. The Morgan fingerprint density at radius 2 is 1.60 bits per heavy atom. The van der Waals surface area contributed by atoms with E-state index in [4.69, 9.17) is 14.5 Å². The maximum atomic E-state index is 6.01. The number of aromatic nitrogens is 7. The summed E-state index contributed by atoms with van der Waals surface area (Å²) in [6, 6.07) is 25.5. The van der Waals surface area contributed by atoms with E-state index in [2.05, 4.69) is 37.9 Å². The largest absolute Gasteiger partial charge is 0.497 e. The number of nitrogens with one attached hydrogen (secondary N) is 1. The highest BCUT2D eigenvalue weighted by atomic mass is 16.5. The van der Waals surface area contributed by atoms with Crippen molar-refractivity contribution in [1.82, 2.24) is 35.2 Å². The quantitative estimate of drug-likeness (QED) is 0.370. The van der Waals surface area contributed by atoms with Gasteiger partial charge in [-0.05, 0) is 40.3 Å². The maximum Gasteiger partial charge on any atom is 0.184 e. The van der Waals surface area contributed by atoms with Crippen molar-refractivity contribution in [2.75, 3.05) is 7.11 Å². The molecule has 3 aromatic carbocycles. The number of aromatic amines is 1. The van der Waals surface area contributed by atoms with Crippen LogP contribution in [0.5, 0.6) is 17.2 Å². The molecule has 0 saturated heterocycles. The molecular weight excluding hydrogens is 442 g/mol. The van der Waals surface area contributed by atoms with Crippen molar-refractivity contribution < 1.29 is 9.47 Å². The van der Waals surface area contributed by atoms with Crippen LogP contribution < -0.4 is 9.47 Å². The van der Waals surface area contributed by atoms with Gasteiger partial charge in [0.05, 0.1) is 24.6 Å². The second-order valence-corrected chi connectivity index (χ2v) is 7.74. The molecule has 170 valence electrons. The van der Waals surface area contributed by atoms with E-state index in [-0.39, 0.29) is 0 Å². The molecule has 9 nitrogen and oxygen atoms in total. The molecule has 9 heteroatoms. The number of rotatable bonds is 6. The zero-order chi connectivity index (χ0) is 23.6. The van der Waals surface area contributed by atoms with Crippen molar-refractivity contribution in [1.29, 1.82) is 0 Å². The van der Waals surface area contributed by atoms with Crippen molar-refractivity contribution in [3.05, 3.63) is 91.3 Å². The van der Waals surface area contributed by atoms with Crippen LogP contribution in [0.4, 0.5) is 0 Å². The van der Waals surface area contributed by atoms with Gasteiger partial charge < -0.3 is 9.47 Å². The Morgan fingerprint density at radius 3 is 2.37 bits per heavy atom. The summed E-state index contributed by atoms with van der Waals surface area (Å²) in [5.74, 6) is 2.68. The number of hydrogen-bond donors (Lipinski definition) is 1. The van der Waals surface area contributed by atoms with Crippen LogP contribution in [-0.2, 0) is 0 Å². The normalized spacial score (nSPS) is 11.0. The fourth-order valence-electron chi connectivity index (χ4n) is 3.96. The SMILES string of the molecule is COc1cccc(Oc2ccc(-c3cnc4c(-c5nnn[nH]5)cnn4c3-c3ccccc3)cc2)c1. The van der Waals surface area contributed by atoms with Gasteiger partial charge in [0.25, 0.3) is 0 Å². The lowest BCUT2D eigenvalue weighted by atomic mass is 10.0. The van der Waals surface area contributed by atoms with E-state index in [0.29, 0.717) is 17.2 Å². The number of methoxy groups -OCH3 is 1. The number of H-pyrrole nitrogens is 1. The number of hydrogen-bond acceptors (Lipinski definition) is 7. The molecule has 0 fully saturated rings. The van der Waals surface area contributed by atoms with Gasteiger partial charge in [-0.1, -0.05) is 48.5 Å². The summed E-state index contributed by atoms with van der Waals surface area (Å²) in [6.07, 6.45) is 3.57. The second kappa shape index (κ2) is 8.71. The van der Waals surface area contributed by atoms with Crippen LogP contribution in [0.25, 0.3) is 39.4 Å². The van der Waals surface area contributed by atoms with E-state index >= 15 is 0 Å². The Kier molecular flexibility index (Phi) is 5.12. The first kappa shape index (κ1) is 20.5. The van der Waals surface area contributed by atoms with Crippen molar-refractivity contribution in [2.24, 2.45) is 0 Å². The van der Waals surface area contributed by atoms with Gasteiger partial charge in [-0.3, -0.25) is 0 Å². The lowest BCUT2D eigenvalue weighted by Crippen LogP contribution is -2.00. The average molecular weight is 461 g/mol. The molecule has 0 bridgehead atoms. The topological polar surface area (TPSA) is 103 Å². The highest BCUT2D eigenvalue weighted by molar-refractivity contribution is 5.84. The van der Waals surface area contributed by atoms with Crippen LogP contribution >= 0.6 is 0 Å². The van der Waals surface area contributed by atoms with Crippen LogP contribution in [0.15, 0.2) is 91.3 Å². The molecule has 6 aromatic rings. The molecule has 6 rings (SSSR count). The predicted octanol–water partition coefficient (Wildman–Crippen LogP) is 5.04. The summed E-state index contributed by atoms with van der Waals surface area (Å²) < 4.78 is 13.1. The number of nitrogens with zero attached hydrogens (tertiary/aromatic N) is 6. The third kappa shape index (κ3) is 3.84. The standard InChI is InChI=1S/C26H19N7O2/c1-34-20-8-5-9-21(14-20)35-19-12-10-17(11-13-19)22-15-27-26-23(25-29-31-32-30-25)16-28-33(26)24(22)18-6-3-2-4-7-18/h2-16H,1H3,(H,29,30,31,32). The van der Waals surface area contributed by atoms with E-state index in [1.807, 2.05) is 77.4 Å². The first-order valence-corrected chi connectivity index (χ1v) is 10.9. The van der Waals surface area contributed by atoms with E-state index in [9.17, 15) is 0 Å². The highest BCUT2D eigenvalue weighted by Crippen LogP contribution is 2.35. The zero-order valence-electron chi connectivity index (χ0n) is 18.7. The van der Waals surface area contributed by atoms with Gasteiger partial charge in [-0.25, -0.2) is 14.6 Å². The van der Waals surface area contributed by atoms with Gasteiger partial charge in [0.15, 0.2) is 11.5 Å². The van der Waals surface area contributed by atoms with Crippen molar-refractivity contribution in [3.8, 4) is 51.0 Å². The number of fused-ring (bicyclic) bond motifs is 1. The molecule has 0 unspecified atom stereocenters. The molecule has 0 radical (unpaired) electrons. The Bertz CT molecular complexity index is 1590. The maximum absolute atomic E-state index is 6.01. The molecule has 0 saturated carbocycles. The Balaban J connectivity index is 1.43. The van der Waals surface area contributed by atoms with Gasteiger partial charge >= 0.3 is 0 Å². The second-order valence-electron chi connectivity index (χ2n) is 7.74. The lowest BCUT2D eigenvalue weighted by molar-refractivity contribution is 0.409. The van der Waals surface area contributed by atoms with Crippen molar-refractivity contribution >= 4 is 5.65 Å². The van der Waals surface area contributed by atoms with Crippen LogP contribution in [0.3, 0.4) is 0 Å². The smallest absolute Gasteiger partial charge is 0.184 e. The average Bonchev–Trinajstić information content (AvgIpc) is 3.59. The van der Waals surface area contributed by atoms with Gasteiger partial charge in [0.2, 0.25) is 0 Å². The van der Waals surface area contributed by atoms with E-state index < -0.39 is 0 Å². The minimum atomic E-state index is 0.512. The van der Waals surface area contributed by atoms with Crippen LogP contribution in [0, 0.1) is 0 Å². The molecule has 35 heavy (non-hydrogen) atoms. The summed E-state index contributed by atoms with van der Waals surface area (Å²) in [5, 5.41) is 18.8. The molecule has 3 aromatic heterocycles. The van der Waals surface area contributed by atoms with E-state index in [1.165, 1.54) is 0 Å². The monoisotopic (exact) mass is 461 g/mol. The minimum absolute atomic E-state index is 0.512. The molecule has 0 aliphatic rings. The molecule has 1 N–H and O–H groups in total. The minimum Gasteiger partial charge on any atom is -0.497 e. The van der Waals surface area contributed by atoms with Gasteiger partial charge in [-0.15, -0.1) is 5.10 Å². The molecular formula is C26H19N7O2. The fraction of sp³-hybridized carbons (Fsp3) is 0.0385. The first-order chi connectivity index (χ1) is 17.3. The summed E-state index contributed by atoms with van der Waals surface area (Å²) in [6.45, 7) is 0. The molecule has 0 aliphatic carbocycles. The van der Waals surface area contributed by atoms with Crippen LogP contribution in [0.1, 0.15) is 0 Å². The number of tetrazole rings is 1. The molecule has 0 amide bonds. The Morgan fingerprint density at radius 1 is 0.771 bits per heavy atom. The Hall–Kier alpha value is -5.05. The third-order valence-electron chi connectivity index (χ3n) is 5.62. The lowest BCUT2D eigenvalue weighted by Gasteiger charge is -2.13. The highest BCUT2D eigenvalue weighted by Gasteiger charge is 2.18. The van der Waals surface area contributed by atoms with Crippen LogP contribution in [0.2, 0.25) is 0 Å². The van der Waals surface area contributed by atoms with E-state index in [1.54, 1.807) is 13.3 Å². The summed E-state index contributed by atoms with van der Waals surface area (Å²) in [5.41, 5.74) is 5.22. The molecule has 0 spiro atoms. The molecule has 0 aliphatic heterocycles. The third-order valence-corrected chi connectivity index (χ3v) is 5.62. The molecule has 0 atom stereocenters. The number of benzene rings is 3. The summed E-state index contributed by atoms with van der Waals surface area (Å²) >= 11 is 0. The van der Waals surface area contributed by atoms with E-state index in [0.717, 1.165) is 39.4 Å². The predicted molar refractivity (Wildman–Crippen MR) is 130 cm³/mol. The fourth-order valence-corrected chi connectivity index (χ4v) is 3.96. The zero-order valence-corrected chi connectivity index (χ0v) is 18.7. The summed E-state index contributed by atoms with van der Waals surface area (Å²) in [4.78, 5) is 4.71. The van der Waals surface area contributed by atoms with Gasteiger partial charge in [-0.2, -0.15) is 5.10 Å². The van der Waals surface area contributed by atoms with Crippen molar-refractivity contribution in [2.45, 2.75) is 0 Å². The van der Waals surface area contributed by atoms with Crippen LogP contribution in [-0.4, -0.2) is 42.3 Å². The summed E-state index contributed by atoms with van der Waals surface area (Å²) in [7, 11) is 1.63. The van der Waals surface area contributed by atoms with Gasteiger partial charge in [0.1, 0.15) is 17.2 Å². The van der Waals surface area contributed by atoms with Gasteiger partial charge in [0, 0.05) is 23.4 Å². The first-order valence-electron chi connectivity index (χ1n) is 10.9.